The zero-order valence-electron chi connectivity index (χ0n) is 13.0. The lowest BCUT2D eigenvalue weighted by Crippen LogP contribution is -2.46. The van der Waals surface area contributed by atoms with Gasteiger partial charge >= 0.3 is 0 Å². The zero-order chi connectivity index (χ0) is 15.6. The lowest BCUT2D eigenvalue weighted by atomic mass is 10.3. The third kappa shape index (κ3) is 6.43. The molecule has 0 aliphatic carbocycles. The minimum absolute atomic E-state index is 0.0424. The predicted octanol–water partition coefficient (Wildman–Crippen LogP) is 0.529. The van der Waals surface area contributed by atoms with Gasteiger partial charge in [-0.05, 0) is 19.2 Å². The highest BCUT2D eigenvalue weighted by molar-refractivity contribution is 5.77. The van der Waals surface area contributed by atoms with Crippen molar-refractivity contribution in [2.75, 3.05) is 53.1 Å². The van der Waals surface area contributed by atoms with Crippen molar-refractivity contribution < 1.29 is 19.0 Å². The van der Waals surface area contributed by atoms with Gasteiger partial charge in [0.1, 0.15) is 19.0 Å². The molecule has 1 aliphatic rings. The van der Waals surface area contributed by atoms with Crippen molar-refractivity contribution in [2.45, 2.75) is 6.10 Å². The van der Waals surface area contributed by atoms with Gasteiger partial charge in [0.2, 0.25) is 5.91 Å². The smallest absolute Gasteiger partial charge is 0.246 e. The summed E-state index contributed by atoms with van der Waals surface area (Å²) in [6, 6.07) is 9.52. The Morgan fingerprint density at radius 1 is 1.36 bits per heavy atom. The molecule has 0 spiro atoms. The zero-order valence-corrected chi connectivity index (χ0v) is 13.0. The molecule has 1 saturated heterocycles. The van der Waals surface area contributed by atoms with E-state index in [1.54, 1.807) is 0 Å². The Bertz CT molecular complexity index is 441. The van der Waals surface area contributed by atoms with Crippen LogP contribution in [0.5, 0.6) is 5.75 Å². The summed E-state index contributed by atoms with van der Waals surface area (Å²) in [5.41, 5.74) is 0. The summed E-state index contributed by atoms with van der Waals surface area (Å²) in [4.78, 5) is 13.8. The second kappa shape index (κ2) is 9.40. The highest BCUT2D eigenvalue weighted by Crippen LogP contribution is 2.07. The van der Waals surface area contributed by atoms with Crippen LogP contribution in [0.2, 0.25) is 0 Å². The first-order valence-corrected chi connectivity index (χ1v) is 7.56. The maximum Gasteiger partial charge on any atom is 0.246 e. The lowest BCUT2D eigenvalue weighted by Gasteiger charge is -2.30. The van der Waals surface area contributed by atoms with Crippen LogP contribution in [-0.4, -0.2) is 70.0 Å². The molecule has 1 N–H and O–H groups in total. The van der Waals surface area contributed by atoms with E-state index >= 15 is 0 Å². The molecule has 1 atom stereocenters. The van der Waals surface area contributed by atoms with Gasteiger partial charge < -0.3 is 24.4 Å². The number of nitrogens with zero attached hydrogens (tertiary/aromatic N) is 1. The molecule has 1 fully saturated rings. The van der Waals surface area contributed by atoms with Crippen LogP contribution in [-0.2, 0) is 14.3 Å². The number of hydrogen-bond acceptors (Lipinski definition) is 5. The Morgan fingerprint density at radius 3 is 2.95 bits per heavy atom. The summed E-state index contributed by atoms with van der Waals surface area (Å²) in [7, 11) is 2.05. The molecule has 122 valence electrons. The highest BCUT2D eigenvalue weighted by Gasteiger charge is 2.18. The Morgan fingerprint density at radius 2 is 2.18 bits per heavy atom. The van der Waals surface area contributed by atoms with Crippen molar-refractivity contribution in [3.05, 3.63) is 30.3 Å². The summed E-state index contributed by atoms with van der Waals surface area (Å²) in [6.07, 6.45) is 0.0594. The topological polar surface area (TPSA) is 60.0 Å². The standard InChI is InChI=1S/C16H24N2O4/c1-18-7-8-21-15(12-18)11-17-16(19)13-20-9-10-22-14-5-3-2-4-6-14/h2-6,15H,7-13H2,1H3,(H,17,19)/t15-/m1/s1. The van der Waals surface area contributed by atoms with Crippen LogP contribution in [0.1, 0.15) is 0 Å². The predicted molar refractivity (Wildman–Crippen MR) is 83.0 cm³/mol. The fourth-order valence-corrected chi connectivity index (χ4v) is 2.17. The largest absolute Gasteiger partial charge is 0.491 e. The van der Waals surface area contributed by atoms with Crippen molar-refractivity contribution in [1.29, 1.82) is 0 Å². The molecule has 1 aromatic rings. The summed E-state index contributed by atoms with van der Waals surface area (Å²) in [6.45, 7) is 3.86. The summed E-state index contributed by atoms with van der Waals surface area (Å²) < 4.78 is 16.3. The fraction of sp³-hybridized carbons (Fsp3) is 0.562. The Hall–Kier alpha value is -1.63. The molecule has 22 heavy (non-hydrogen) atoms. The highest BCUT2D eigenvalue weighted by atomic mass is 16.5. The van der Waals surface area contributed by atoms with Crippen LogP contribution in [0.15, 0.2) is 30.3 Å². The first kappa shape index (κ1) is 16.7. The van der Waals surface area contributed by atoms with Crippen molar-refractivity contribution in [3.8, 4) is 5.75 Å². The van der Waals surface area contributed by atoms with Gasteiger partial charge in [-0.3, -0.25) is 4.79 Å². The molecule has 6 nitrogen and oxygen atoms in total. The van der Waals surface area contributed by atoms with E-state index in [1.807, 2.05) is 37.4 Å². The fourth-order valence-electron chi connectivity index (χ4n) is 2.17. The number of rotatable bonds is 8. The second-order valence-corrected chi connectivity index (χ2v) is 5.27. The van der Waals surface area contributed by atoms with E-state index in [-0.39, 0.29) is 18.6 Å². The van der Waals surface area contributed by atoms with Crippen molar-refractivity contribution in [3.63, 3.8) is 0 Å². The van der Waals surface area contributed by atoms with Crippen LogP contribution in [0.3, 0.4) is 0 Å². The average molecular weight is 308 g/mol. The van der Waals surface area contributed by atoms with Gasteiger partial charge in [-0.15, -0.1) is 0 Å². The van der Waals surface area contributed by atoms with Crippen LogP contribution in [0, 0.1) is 0 Å². The van der Waals surface area contributed by atoms with Crippen molar-refractivity contribution >= 4 is 5.91 Å². The van der Waals surface area contributed by atoms with E-state index in [0.717, 1.165) is 18.8 Å². The molecule has 0 unspecified atom stereocenters. The van der Waals surface area contributed by atoms with E-state index in [9.17, 15) is 4.79 Å². The second-order valence-electron chi connectivity index (χ2n) is 5.27. The molecule has 6 heteroatoms. The molecule has 0 bridgehead atoms. The minimum Gasteiger partial charge on any atom is -0.491 e. The van der Waals surface area contributed by atoms with E-state index in [1.165, 1.54) is 0 Å². The monoisotopic (exact) mass is 308 g/mol. The number of carbonyl (C=O) groups is 1. The van der Waals surface area contributed by atoms with Crippen LogP contribution < -0.4 is 10.1 Å². The summed E-state index contributed by atoms with van der Waals surface area (Å²) in [5, 5.41) is 2.83. The Labute approximate surface area is 131 Å². The molecule has 0 aromatic heterocycles. The minimum atomic E-state index is -0.128. The number of nitrogens with one attached hydrogen (secondary N) is 1. The molecular formula is C16H24N2O4. The van der Waals surface area contributed by atoms with Gasteiger partial charge in [-0.2, -0.15) is 0 Å². The third-order valence-electron chi connectivity index (χ3n) is 3.34. The molecule has 1 amide bonds. The molecule has 2 rings (SSSR count). The van der Waals surface area contributed by atoms with E-state index in [4.69, 9.17) is 14.2 Å². The number of hydrogen-bond donors (Lipinski definition) is 1. The third-order valence-corrected chi connectivity index (χ3v) is 3.34. The maximum absolute atomic E-state index is 11.7. The van der Waals surface area contributed by atoms with Crippen LogP contribution in [0.25, 0.3) is 0 Å². The van der Waals surface area contributed by atoms with Crippen LogP contribution >= 0.6 is 0 Å². The van der Waals surface area contributed by atoms with E-state index < -0.39 is 0 Å². The first-order valence-electron chi connectivity index (χ1n) is 7.56. The quantitative estimate of drug-likeness (QED) is 0.710. The molecule has 0 radical (unpaired) electrons. The molecule has 1 aromatic carbocycles. The van der Waals surface area contributed by atoms with Gasteiger partial charge in [0.15, 0.2) is 0 Å². The van der Waals surface area contributed by atoms with Crippen molar-refractivity contribution in [2.24, 2.45) is 0 Å². The van der Waals surface area contributed by atoms with E-state index in [2.05, 4.69) is 10.2 Å². The van der Waals surface area contributed by atoms with Crippen LogP contribution in [0.4, 0.5) is 0 Å². The van der Waals surface area contributed by atoms with Crippen molar-refractivity contribution in [1.82, 2.24) is 10.2 Å². The Kier molecular flexibility index (Phi) is 7.15. The number of likely N-dealkylation sites (N-methyl/N-ethyl adjacent to an activating group) is 1. The summed E-state index contributed by atoms with van der Waals surface area (Å²) in [5.74, 6) is 0.672. The maximum atomic E-state index is 11.7. The van der Waals surface area contributed by atoms with Gasteiger partial charge in [0, 0.05) is 19.6 Å². The number of amides is 1. The number of morpholine rings is 1. The van der Waals surface area contributed by atoms with Gasteiger partial charge in [-0.25, -0.2) is 0 Å². The number of para-hydroxylation sites is 1. The number of ether oxygens (including phenoxy) is 3. The lowest BCUT2D eigenvalue weighted by molar-refractivity contribution is -0.127. The molecular weight excluding hydrogens is 284 g/mol. The van der Waals surface area contributed by atoms with E-state index in [0.29, 0.717) is 26.4 Å². The van der Waals surface area contributed by atoms with Gasteiger partial charge in [0.05, 0.1) is 19.3 Å². The molecule has 1 aliphatic heterocycles. The first-order chi connectivity index (χ1) is 10.7. The molecule has 0 saturated carbocycles. The van der Waals surface area contributed by atoms with Gasteiger partial charge in [0.25, 0.3) is 0 Å². The number of benzene rings is 1. The molecule has 1 heterocycles. The summed E-state index contributed by atoms with van der Waals surface area (Å²) >= 11 is 0. The van der Waals surface area contributed by atoms with Gasteiger partial charge in [-0.1, -0.05) is 18.2 Å². The normalized spacial score (nSPS) is 18.9. The average Bonchev–Trinajstić information content (AvgIpc) is 2.54. The number of carbonyl (C=O) groups excluding carboxylic acids is 1. The SMILES string of the molecule is CN1CCO[C@H](CNC(=O)COCCOc2ccccc2)C1. The Balaban J connectivity index is 1.49.